The molecule has 4 rings (SSSR count). The zero-order chi connectivity index (χ0) is 23.4. The number of rotatable bonds is 7. The maximum Gasteiger partial charge on any atom is 0.342 e. The molecular weight excluding hydrogens is 412 g/mol. The van der Waals surface area contributed by atoms with Crippen molar-refractivity contribution in [1.29, 1.82) is 0 Å². The molecule has 0 fully saturated rings. The maximum atomic E-state index is 13.1. The molecule has 3 aromatic rings. The van der Waals surface area contributed by atoms with E-state index >= 15 is 0 Å². The van der Waals surface area contributed by atoms with E-state index in [2.05, 4.69) is 19.9 Å². The summed E-state index contributed by atoms with van der Waals surface area (Å²) in [6.07, 6.45) is 8.37. The molecule has 1 aliphatic heterocycles. The van der Waals surface area contributed by atoms with Gasteiger partial charge in [-0.1, -0.05) is 72.3 Å². The minimum Gasteiger partial charge on any atom is -0.506 e. The number of ether oxygens (including phenoxy) is 2. The Kier molecular flexibility index (Phi) is 6.55. The molecular formula is C29H30O4. The Morgan fingerprint density at radius 1 is 1.06 bits per heavy atom. The van der Waals surface area contributed by atoms with Gasteiger partial charge in [-0.25, -0.2) is 4.79 Å². The van der Waals surface area contributed by atoms with Gasteiger partial charge in [-0.2, -0.15) is 0 Å². The highest BCUT2D eigenvalue weighted by Gasteiger charge is 2.33. The van der Waals surface area contributed by atoms with Crippen molar-refractivity contribution in [2.75, 3.05) is 6.61 Å². The number of phenols is 1. The van der Waals surface area contributed by atoms with E-state index in [1.54, 1.807) is 6.07 Å². The van der Waals surface area contributed by atoms with Crippen molar-refractivity contribution in [3.05, 3.63) is 89.0 Å². The highest BCUT2D eigenvalue weighted by molar-refractivity contribution is 6.08. The Bertz CT molecular complexity index is 1220. The third-order valence-corrected chi connectivity index (χ3v) is 5.98. The molecule has 0 saturated carbocycles. The number of hydrogen-bond acceptors (Lipinski definition) is 4. The molecule has 0 spiro atoms. The molecule has 0 aromatic heterocycles. The predicted octanol–water partition coefficient (Wildman–Crippen LogP) is 6.86. The topological polar surface area (TPSA) is 55.8 Å². The second-order valence-corrected chi connectivity index (χ2v) is 8.95. The number of fused-ring (bicyclic) bond motifs is 3. The Morgan fingerprint density at radius 3 is 2.48 bits per heavy atom. The van der Waals surface area contributed by atoms with Crippen LogP contribution < -0.4 is 4.74 Å². The monoisotopic (exact) mass is 442 g/mol. The number of carbonyl (C=O) groups is 1. The first-order valence-electron chi connectivity index (χ1n) is 11.4. The van der Waals surface area contributed by atoms with Crippen molar-refractivity contribution in [3.8, 4) is 11.5 Å². The van der Waals surface area contributed by atoms with Gasteiger partial charge in [0.2, 0.25) is 0 Å². The standard InChI is InChI=1S/C29H30O4/c1-20(2)10-9-17-29(3)18-15-24-25(28(31)32-19-16-21-11-5-4-6-12-21)26(30)22-13-7-8-14-23(22)27(24)33-29/h4-8,10-15,18,30H,9,16-17,19H2,1-3H3. The third-order valence-electron chi connectivity index (χ3n) is 5.98. The van der Waals surface area contributed by atoms with Crippen LogP contribution in [-0.2, 0) is 11.2 Å². The highest BCUT2D eigenvalue weighted by Crippen LogP contribution is 2.45. The molecule has 0 amide bonds. The number of carbonyl (C=O) groups excluding carboxylic acids is 1. The predicted molar refractivity (Wildman–Crippen MR) is 133 cm³/mol. The van der Waals surface area contributed by atoms with Crippen LogP contribution >= 0.6 is 0 Å². The van der Waals surface area contributed by atoms with E-state index in [4.69, 9.17) is 9.47 Å². The molecule has 1 aliphatic rings. The molecule has 0 bridgehead atoms. The van der Waals surface area contributed by atoms with E-state index in [1.165, 1.54) is 5.57 Å². The fraction of sp³-hybridized carbons (Fsp3) is 0.276. The van der Waals surface area contributed by atoms with Crippen LogP contribution in [0.2, 0.25) is 0 Å². The summed E-state index contributed by atoms with van der Waals surface area (Å²) >= 11 is 0. The molecule has 1 heterocycles. The van der Waals surface area contributed by atoms with Crippen LogP contribution in [0.25, 0.3) is 16.8 Å². The van der Waals surface area contributed by atoms with Crippen LogP contribution in [-0.4, -0.2) is 23.3 Å². The van der Waals surface area contributed by atoms with E-state index < -0.39 is 11.6 Å². The van der Waals surface area contributed by atoms with E-state index in [1.807, 2.05) is 67.6 Å². The number of benzene rings is 3. The first kappa shape index (κ1) is 22.7. The fourth-order valence-corrected chi connectivity index (χ4v) is 4.17. The molecule has 4 nitrogen and oxygen atoms in total. The lowest BCUT2D eigenvalue weighted by Gasteiger charge is -2.33. The second kappa shape index (κ2) is 9.53. The molecule has 0 saturated heterocycles. The van der Waals surface area contributed by atoms with Crippen molar-refractivity contribution >= 4 is 22.8 Å². The van der Waals surface area contributed by atoms with Gasteiger partial charge in [0.15, 0.2) is 0 Å². The van der Waals surface area contributed by atoms with Crippen LogP contribution in [0.5, 0.6) is 11.5 Å². The van der Waals surface area contributed by atoms with Gasteiger partial charge in [-0.05, 0) is 45.3 Å². The quantitative estimate of drug-likeness (QED) is 0.321. The van der Waals surface area contributed by atoms with Gasteiger partial charge in [-0.3, -0.25) is 0 Å². The largest absolute Gasteiger partial charge is 0.506 e. The summed E-state index contributed by atoms with van der Waals surface area (Å²) in [5.74, 6) is -0.0112. The Balaban J connectivity index is 1.66. The Labute approximate surface area is 195 Å². The zero-order valence-electron chi connectivity index (χ0n) is 19.4. The van der Waals surface area contributed by atoms with E-state index in [0.29, 0.717) is 23.1 Å². The summed E-state index contributed by atoms with van der Waals surface area (Å²) in [5.41, 5.74) is 2.57. The fourth-order valence-electron chi connectivity index (χ4n) is 4.17. The maximum absolute atomic E-state index is 13.1. The molecule has 1 atom stereocenters. The lowest BCUT2D eigenvalue weighted by molar-refractivity contribution is 0.0504. The summed E-state index contributed by atoms with van der Waals surface area (Å²) in [4.78, 5) is 13.1. The van der Waals surface area contributed by atoms with Crippen LogP contribution in [0.4, 0.5) is 0 Å². The SMILES string of the molecule is CC(C)=CCCC1(C)C=Cc2c(C(=O)OCCc3ccccc3)c(O)c3ccccc3c2O1. The number of phenolic OH excluding ortho intramolecular Hbond substituents is 1. The lowest BCUT2D eigenvalue weighted by atomic mass is 9.90. The first-order valence-corrected chi connectivity index (χ1v) is 11.4. The third kappa shape index (κ3) is 4.95. The summed E-state index contributed by atoms with van der Waals surface area (Å²) in [7, 11) is 0. The molecule has 33 heavy (non-hydrogen) atoms. The number of allylic oxidation sites excluding steroid dienone is 2. The van der Waals surface area contributed by atoms with Crippen LogP contribution in [0.3, 0.4) is 0 Å². The van der Waals surface area contributed by atoms with Crippen LogP contribution in [0.15, 0.2) is 72.3 Å². The van der Waals surface area contributed by atoms with Crippen molar-refractivity contribution in [1.82, 2.24) is 0 Å². The van der Waals surface area contributed by atoms with Gasteiger partial charge in [-0.15, -0.1) is 0 Å². The summed E-state index contributed by atoms with van der Waals surface area (Å²) in [6, 6.07) is 17.3. The molecule has 3 aromatic carbocycles. The van der Waals surface area contributed by atoms with Crippen molar-refractivity contribution in [3.63, 3.8) is 0 Å². The summed E-state index contributed by atoms with van der Waals surface area (Å²) in [5, 5.41) is 12.4. The van der Waals surface area contributed by atoms with Gasteiger partial charge in [0.1, 0.15) is 22.7 Å². The molecule has 4 heteroatoms. The molecule has 1 unspecified atom stereocenters. The van der Waals surface area contributed by atoms with Gasteiger partial charge in [0, 0.05) is 22.8 Å². The normalized spacial score (nSPS) is 16.7. The summed E-state index contributed by atoms with van der Waals surface area (Å²) < 4.78 is 12.1. The first-order chi connectivity index (χ1) is 15.9. The Morgan fingerprint density at radius 2 is 1.76 bits per heavy atom. The van der Waals surface area contributed by atoms with Crippen molar-refractivity contribution in [2.24, 2.45) is 0 Å². The number of esters is 1. The summed E-state index contributed by atoms with van der Waals surface area (Å²) in [6.45, 7) is 6.45. The van der Waals surface area contributed by atoms with Gasteiger partial charge in [0.05, 0.1) is 6.61 Å². The van der Waals surface area contributed by atoms with Crippen molar-refractivity contribution < 1.29 is 19.4 Å². The highest BCUT2D eigenvalue weighted by atomic mass is 16.5. The molecule has 170 valence electrons. The van der Waals surface area contributed by atoms with E-state index in [-0.39, 0.29) is 17.9 Å². The minimum absolute atomic E-state index is 0.0737. The van der Waals surface area contributed by atoms with E-state index in [9.17, 15) is 9.90 Å². The molecule has 0 aliphatic carbocycles. The average molecular weight is 443 g/mol. The van der Waals surface area contributed by atoms with Gasteiger partial charge < -0.3 is 14.6 Å². The number of aromatic hydroxyl groups is 1. The van der Waals surface area contributed by atoms with Gasteiger partial charge in [0.25, 0.3) is 0 Å². The second-order valence-electron chi connectivity index (χ2n) is 8.95. The molecule has 1 N–H and O–H groups in total. The van der Waals surface area contributed by atoms with Crippen LogP contribution in [0, 0.1) is 0 Å². The number of hydrogen-bond donors (Lipinski definition) is 1. The van der Waals surface area contributed by atoms with Crippen molar-refractivity contribution in [2.45, 2.75) is 45.6 Å². The van der Waals surface area contributed by atoms with Gasteiger partial charge >= 0.3 is 5.97 Å². The van der Waals surface area contributed by atoms with E-state index in [0.717, 1.165) is 23.8 Å². The average Bonchev–Trinajstić information content (AvgIpc) is 2.80. The Hall–Kier alpha value is -3.53. The molecule has 0 radical (unpaired) electrons. The smallest absolute Gasteiger partial charge is 0.342 e. The zero-order valence-corrected chi connectivity index (χ0v) is 19.4. The lowest BCUT2D eigenvalue weighted by Crippen LogP contribution is -2.32. The van der Waals surface area contributed by atoms with Crippen LogP contribution in [0.1, 0.15) is 55.1 Å². The minimum atomic E-state index is -0.549.